The number of primary amides is 1. The van der Waals surface area contributed by atoms with E-state index in [1.165, 1.54) is 0 Å². The van der Waals surface area contributed by atoms with E-state index in [0.29, 0.717) is 13.0 Å². The smallest absolute Gasteiger partial charge is 0.267 e. The molecule has 0 bridgehead atoms. The number of nitrogens with one attached hydrogen (secondary N) is 1. The maximum absolute atomic E-state index is 11.4. The molecule has 0 aliphatic carbocycles. The maximum Gasteiger partial charge on any atom is 0.267 e. The summed E-state index contributed by atoms with van der Waals surface area (Å²) in [6, 6.07) is 23.4. The van der Waals surface area contributed by atoms with Crippen LogP contribution in [0, 0.1) is 0 Å². The Morgan fingerprint density at radius 1 is 1.00 bits per heavy atom. The number of benzene rings is 2. The summed E-state index contributed by atoms with van der Waals surface area (Å²) in [4.78, 5) is 15.7. The quantitative estimate of drug-likeness (QED) is 0.360. The SMILES string of the molecule is CC(C)(C)c1cc(Nc2ccc(Cc3cccc(C(N)=O)n3)cc2)n(Cc2ccc(Cl)cc2)n1. The molecule has 4 aromatic rings. The van der Waals surface area contributed by atoms with Crippen molar-refractivity contribution in [2.75, 3.05) is 5.32 Å². The van der Waals surface area contributed by atoms with Crippen LogP contribution in [0.5, 0.6) is 0 Å². The second kappa shape index (κ2) is 9.69. The summed E-state index contributed by atoms with van der Waals surface area (Å²) >= 11 is 6.04. The summed E-state index contributed by atoms with van der Waals surface area (Å²) in [5.41, 5.74) is 10.5. The zero-order valence-electron chi connectivity index (χ0n) is 19.5. The number of carbonyl (C=O) groups is 1. The molecule has 0 atom stereocenters. The van der Waals surface area contributed by atoms with Crippen LogP contribution >= 0.6 is 11.6 Å². The van der Waals surface area contributed by atoms with Gasteiger partial charge in [0.25, 0.3) is 5.91 Å². The number of amides is 1. The van der Waals surface area contributed by atoms with Crippen molar-refractivity contribution in [2.24, 2.45) is 5.73 Å². The van der Waals surface area contributed by atoms with Gasteiger partial charge in [-0.25, -0.2) is 9.67 Å². The monoisotopic (exact) mass is 473 g/mol. The molecule has 34 heavy (non-hydrogen) atoms. The summed E-state index contributed by atoms with van der Waals surface area (Å²) in [6.07, 6.45) is 0.615. The molecule has 4 rings (SSSR count). The lowest BCUT2D eigenvalue weighted by Crippen LogP contribution is -2.13. The molecule has 0 radical (unpaired) electrons. The van der Waals surface area contributed by atoms with Gasteiger partial charge in [0.05, 0.1) is 12.2 Å². The number of nitrogens with two attached hydrogens (primary N) is 1. The average molecular weight is 474 g/mol. The Bertz CT molecular complexity index is 1290. The summed E-state index contributed by atoms with van der Waals surface area (Å²) in [5, 5.41) is 9.09. The van der Waals surface area contributed by atoms with Crippen LogP contribution in [0.2, 0.25) is 5.02 Å². The molecule has 1 amide bonds. The molecule has 0 aliphatic rings. The molecule has 6 nitrogen and oxygen atoms in total. The van der Waals surface area contributed by atoms with Crippen LogP contribution in [-0.4, -0.2) is 20.7 Å². The van der Waals surface area contributed by atoms with Gasteiger partial charge >= 0.3 is 0 Å². The Balaban J connectivity index is 1.53. The van der Waals surface area contributed by atoms with E-state index in [1.54, 1.807) is 12.1 Å². The van der Waals surface area contributed by atoms with Crippen molar-refractivity contribution in [1.29, 1.82) is 0 Å². The van der Waals surface area contributed by atoms with Crippen molar-refractivity contribution in [3.63, 3.8) is 0 Å². The lowest BCUT2D eigenvalue weighted by molar-refractivity contribution is 0.0995. The molecule has 0 saturated heterocycles. The van der Waals surface area contributed by atoms with Gasteiger partial charge in [0.2, 0.25) is 0 Å². The van der Waals surface area contributed by atoms with Crippen LogP contribution < -0.4 is 11.1 Å². The van der Waals surface area contributed by atoms with E-state index in [2.05, 4.69) is 37.1 Å². The van der Waals surface area contributed by atoms with Crippen LogP contribution in [0.15, 0.2) is 72.8 Å². The molecule has 0 aliphatic heterocycles. The number of halogens is 1. The van der Waals surface area contributed by atoms with Gasteiger partial charge in [-0.15, -0.1) is 0 Å². The molecule has 0 spiro atoms. The van der Waals surface area contributed by atoms with Gasteiger partial charge in [-0.3, -0.25) is 4.79 Å². The highest BCUT2D eigenvalue weighted by Crippen LogP contribution is 2.27. The second-order valence-corrected chi connectivity index (χ2v) is 9.76. The first kappa shape index (κ1) is 23.5. The summed E-state index contributed by atoms with van der Waals surface area (Å²) in [7, 11) is 0. The first-order chi connectivity index (χ1) is 16.2. The van der Waals surface area contributed by atoms with Gasteiger partial charge in [-0.1, -0.05) is 62.7 Å². The van der Waals surface area contributed by atoms with Crippen LogP contribution in [0.3, 0.4) is 0 Å². The molecule has 7 heteroatoms. The van der Waals surface area contributed by atoms with Gasteiger partial charge in [0.1, 0.15) is 11.5 Å². The normalized spacial score (nSPS) is 11.4. The highest BCUT2D eigenvalue weighted by molar-refractivity contribution is 6.30. The Morgan fingerprint density at radius 3 is 2.32 bits per heavy atom. The minimum absolute atomic E-state index is 0.0714. The third-order valence-electron chi connectivity index (χ3n) is 5.46. The first-order valence-corrected chi connectivity index (χ1v) is 11.5. The van der Waals surface area contributed by atoms with Crippen LogP contribution in [0.1, 0.15) is 53.8 Å². The third kappa shape index (κ3) is 5.83. The lowest BCUT2D eigenvalue weighted by Gasteiger charge is -2.14. The fourth-order valence-corrected chi connectivity index (χ4v) is 3.67. The van der Waals surface area contributed by atoms with E-state index < -0.39 is 5.91 Å². The molecule has 2 heterocycles. The van der Waals surface area contributed by atoms with E-state index in [-0.39, 0.29) is 11.1 Å². The number of hydrogen-bond donors (Lipinski definition) is 2. The van der Waals surface area contributed by atoms with Crippen LogP contribution in [-0.2, 0) is 18.4 Å². The number of pyridine rings is 1. The van der Waals surface area contributed by atoms with Crippen molar-refractivity contribution >= 4 is 29.0 Å². The molecular formula is C27H28ClN5O. The standard InChI is InChI=1S/C27H28ClN5O/c1-27(2,3)24-16-25(33(32-24)17-19-7-11-20(28)12-8-19)31-21-13-9-18(10-14-21)15-22-5-4-6-23(30-22)26(29)34/h4-14,16,31H,15,17H2,1-3H3,(H2,29,34). The summed E-state index contributed by atoms with van der Waals surface area (Å²) in [5.74, 6) is 0.398. The topological polar surface area (TPSA) is 85.8 Å². The highest BCUT2D eigenvalue weighted by Gasteiger charge is 2.20. The Morgan fingerprint density at radius 2 is 1.68 bits per heavy atom. The summed E-state index contributed by atoms with van der Waals surface area (Å²) < 4.78 is 1.98. The van der Waals surface area contributed by atoms with Crippen molar-refractivity contribution in [3.8, 4) is 0 Å². The molecule has 0 saturated carbocycles. The van der Waals surface area contributed by atoms with Gasteiger partial charge in [0, 0.05) is 34.3 Å². The fourth-order valence-electron chi connectivity index (χ4n) is 3.55. The first-order valence-electron chi connectivity index (χ1n) is 11.1. The molecule has 3 N–H and O–H groups in total. The zero-order chi connectivity index (χ0) is 24.3. The molecule has 174 valence electrons. The number of anilines is 2. The lowest BCUT2D eigenvalue weighted by atomic mass is 9.92. The summed E-state index contributed by atoms with van der Waals surface area (Å²) in [6.45, 7) is 7.10. The second-order valence-electron chi connectivity index (χ2n) is 9.33. The van der Waals surface area contributed by atoms with E-state index in [9.17, 15) is 4.79 Å². The maximum atomic E-state index is 11.4. The number of carbonyl (C=O) groups excluding carboxylic acids is 1. The predicted octanol–water partition coefficient (Wildman–Crippen LogP) is 5.71. The number of aromatic nitrogens is 3. The van der Waals surface area contributed by atoms with E-state index in [1.807, 2.05) is 59.3 Å². The van der Waals surface area contributed by atoms with Gasteiger partial charge in [-0.05, 0) is 47.5 Å². The average Bonchev–Trinajstić information content (AvgIpc) is 3.19. The van der Waals surface area contributed by atoms with Crippen molar-refractivity contribution in [1.82, 2.24) is 14.8 Å². The van der Waals surface area contributed by atoms with Gasteiger partial charge < -0.3 is 11.1 Å². The minimum Gasteiger partial charge on any atom is -0.364 e. The Labute approximate surface area is 204 Å². The van der Waals surface area contributed by atoms with Gasteiger partial charge in [0.15, 0.2) is 0 Å². The van der Waals surface area contributed by atoms with Crippen molar-refractivity contribution < 1.29 is 4.79 Å². The molecule has 2 aromatic carbocycles. The van der Waals surface area contributed by atoms with Crippen LogP contribution in [0.25, 0.3) is 0 Å². The van der Waals surface area contributed by atoms with Gasteiger partial charge in [-0.2, -0.15) is 5.10 Å². The molecule has 2 aromatic heterocycles. The molecule has 0 unspecified atom stereocenters. The Kier molecular flexibility index (Phi) is 6.70. The largest absolute Gasteiger partial charge is 0.364 e. The number of nitrogens with zero attached hydrogens (tertiary/aromatic N) is 3. The van der Waals surface area contributed by atoms with Crippen molar-refractivity contribution in [2.45, 2.75) is 39.2 Å². The highest BCUT2D eigenvalue weighted by atomic mass is 35.5. The Hall–Kier alpha value is -3.64. The fraction of sp³-hybridized carbons (Fsp3) is 0.222. The van der Waals surface area contributed by atoms with Crippen molar-refractivity contribution in [3.05, 3.63) is 106 Å². The number of rotatable bonds is 7. The predicted molar refractivity (Wildman–Crippen MR) is 137 cm³/mol. The van der Waals surface area contributed by atoms with Crippen LogP contribution in [0.4, 0.5) is 11.5 Å². The van der Waals surface area contributed by atoms with E-state index in [4.69, 9.17) is 22.4 Å². The number of hydrogen-bond acceptors (Lipinski definition) is 4. The van der Waals surface area contributed by atoms with E-state index >= 15 is 0 Å². The van der Waals surface area contributed by atoms with E-state index in [0.717, 1.165) is 39.0 Å². The minimum atomic E-state index is -0.522. The molecule has 0 fully saturated rings. The zero-order valence-corrected chi connectivity index (χ0v) is 20.3. The third-order valence-corrected chi connectivity index (χ3v) is 5.72. The molecular weight excluding hydrogens is 446 g/mol.